The molecular weight excluding hydrogens is 266 g/mol. The largest absolute Gasteiger partial charge is 0.368 e. The summed E-state index contributed by atoms with van der Waals surface area (Å²) in [5, 5.41) is -0.408. The molecule has 0 aromatic carbocycles. The Morgan fingerprint density at radius 2 is 1.89 bits per heavy atom. The number of rotatable bonds is 3. The summed E-state index contributed by atoms with van der Waals surface area (Å²) in [7, 11) is -1.47. The fourth-order valence-electron chi connectivity index (χ4n) is 3.18. The minimum atomic E-state index is -3.06. The van der Waals surface area contributed by atoms with E-state index >= 15 is 0 Å². The van der Waals surface area contributed by atoms with E-state index < -0.39 is 20.7 Å². The van der Waals surface area contributed by atoms with Crippen LogP contribution in [0.2, 0.25) is 0 Å². The summed E-state index contributed by atoms with van der Waals surface area (Å²) in [6.45, 7) is 0.852. The van der Waals surface area contributed by atoms with Crippen LogP contribution in [0.25, 0.3) is 0 Å². The second kappa shape index (κ2) is 5.40. The van der Waals surface area contributed by atoms with E-state index in [1.165, 1.54) is 6.26 Å². The fourth-order valence-corrected chi connectivity index (χ4v) is 4.16. The summed E-state index contributed by atoms with van der Waals surface area (Å²) in [4.78, 5) is 14.3. The van der Waals surface area contributed by atoms with E-state index in [0.29, 0.717) is 19.5 Å². The van der Waals surface area contributed by atoms with Crippen molar-refractivity contribution >= 4 is 15.7 Å². The number of carbonyl (C=O) groups is 1. The number of sulfone groups is 1. The number of methoxy groups -OCH3 is 1. The molecule has 0 bridgehead atoms. The Labute approximate surface area is 115 Å². The standard InChI is InChI=1S/C13H23NO4S/c1-18-13(7-4-3-5-8-13)12(15)14-9-6-11(10-14)19(2,16)17/h11H,3-10H2,1-2H3. The van der Waals surface area contributed by atoms with Crippen LogP contribution in [-0.2, 0) is 19.4 Å². The number of likely N-dealkylation sites (tertiary alicyclic amines) is 1. The summed E-state index contributed by atoms with van der Waals surface area (Å²) in [6.07, 6.45) is 6.45. The number of ether oxygens (including phenoxy) is 1. The van der Waals surface area contributed by atoms with Gasteiger partial charge >= 0.3 is 0 Å². The maximum absolute atomic E-state index is 12.6. The molecule has 2 rings (SSSR count). The van der Waals surface area contributed by atoms with Gasteiger partial charge in [-0.15, -0.1) is 0 Å². The highest BCUT2D eigenvalue weighted by molar-refractivity contribution is 7.91. The Morgan fingerprint density at radius 3 is 2.37 bits per heavy atom. The first-order valence-electron chi connectivity index (χ1n) is 6.92. The molecule has 1 heterocycles. The van der Waals surface area contributed by atoms with E-state index in [2.05, 4.69) is 0 Å². The zero-order valence-electron chi connectivity index (χ0n) is 11.7. The predicted molar refractivity (Wildman–Crippen MR) is 72.7 cm³/mol. The molecule has 0 N–H and O–H groups in total. The summed E-state index contributed by atoms with van der Waals surface area (Å²) in [5.41, 5.74) is -0.704. The molecule has 1 unspecified atom stereocenters. The molecule has 0 spiro atoms. The highest BCUT2D eigenvalue weighted by Crippen LogP contribution is 2.34. The van der Waals surface area contributed by atoms with Gasteiger partial charge in [-0.05, 0) is 19.3 Å². The lowest BCUT2D eigenvalue weighted by molar-refractivity contribution is -0.158. The van der Waals surface area contributed by atoms with Gasteiger partial charge in [0.15, 0.2) is 9.84 Å². The molecule has 6 heteroatoms. The molecule has 110 valence electrons. The molecule has 1 aliphatic carbocycles. The van der Waals surface area contributed by atoms with Gasteiger partial charge < -0.3 is 9.64 Å². The van der Waals surface area contributed by atoms with Crippen molar-refractivity contribution in [1.82, 2.24) is 4.90 Å². The average molecular weight is 289 g/mol. The van der Waals surface area contributed by atoms with E-state index in [-0.39, 0.29) is 5.91 Å². The van der Waals surface area contributed by atoms with Crippen LogP contribution in [0.3, 0.4) is 0 Å². The summed E-state index contributed by atoms with van der Waals surface area (Å²) in [5.74, 6) is -0.0131. The first-order chi connectivity index (χ1) is 8.89. The van der Waals surface area contributed by atoms with Gasteiger partial charge in [0.05, 0.1) is 5.25 Å². The Morgan fingerprint density at radius 1 is 1.26 bits per heavy atom. The minimum absolute atomic E-state index is 0.0131. The Bertz CT molecular complexity index is 440. The third-order valence-electron chi connectivity index (χ3n) is 4.48. The Hall–Kier alpha value is -0.620. The van der Waals surface area contributed by atoms with Crippen molar-refractivity contribution in [2.24, 2.45) is 0 Å². The molecule has 1 aliphatic heterocycles. The van der Waals surface area contributed by atoms with Crippen LogP contribution in [0.1, 0.15) is 38.5 Å². The third kappa shape index (κ3) is 2.94. The van der Waals surface area contributed by atoms with Crippen LogP contribution in [0.4, 0.5) is 0 Å². The molecule has 1 atom stereocenters. The minimum Gasteiger partial charge on any atom is -0.368 e. The topological polar surface area (TPSA) is 63.7 Å². The second-order valence-corrected chi connectivity index (χ2v) is 8.08. The number of hydrogen-bond donors (Lipinski definition) is 0. The van der Waals surface area contributed by atoms with Crippen molar-refractivity contribution in [3.63, 3.8) is 0 Å². The molecule has 1 amide bonds. The van der Waals surface area contributed by atoms with Gasteiger partial charge in [0.2, 0.25) is 0 Å². The zero-order valence-corrected chi connectivity index (χ0v) is 12.5. The highest BCUT2D eigenvalue weighted by Gasteiger charge is 2.45. The maximum Gasteiger partial charge on any atom is 0.254 e. The molecule has 2 aliphatic rings. The predicted octanol–water partition coefficient (Wildman–Crippen LogP) is 0.981. The van der Waals surface area contributed by atoms with Gasteiger partial charge in [0, 0.05) is 26.5 Å². The quantitative estimate of drug-likeness (QED) is 0.777. The van der Waals surface area contributed by atoms with Gasteiger partial charge in [0.1, 0.15) is 5.60 Å². The molecule has 5 nitrogen and oxygen atoms in total. The third-order valence-corrected chi connectivity index (χ3v) is 6.08. The molecule has 0 aromatic rings. The van der Waals surface area contributed by atoms with Crippen molar-refractivity contribution < 1.29 is 17.9 Å². The van der Waals surface area contributed by atoms with E-state index in [0.717, 1.165) is 32.1 Å². The van der Waals surface area contributed by atoms with Crippen LogP contribution >= 0.6 is 0 Å². The smallest absolute Gasteiger partial charge is 0.254 e. The maximum atomic E-state index is 12.6. The molecular formula is C13H23NO4S. The van der Waals surface area contributed by atoms with Gasteiger partial charge in [-0.25, -0.2) is 8.42 Å². The van der Waals surface area contributed by atoms with Crippen LogP contribution in [0.15, 0.2) is 0 Å². The molecule has 0 radical (unpaired) electrons. The van der Waals surface area contributed by atoms with E-state index in [1.807, 2.05) is 0 Å². The number of carbonyl (C=O) groups excluding carboxylic acids is 1. The summed E-state index contributed by atoms with van der Waals surface area (Å²) in [6, 6.07) is 0. The fraction of sp³-hybridized carbons (Fsp3) is 0.923. The first-order valence-corrected chi connectivity index (χ1v) is 8.88. The van der Waals surface area contributed by atoms with Crippen molar-refractivity contribution in [3.05, 3.63) is 0 Å². The van der Waals surface area contributed by atoms with Crippen LogP contribution in [-0.4, -0.2) is 56.5 Å². The van der Waals surface area contributed by atoms with Crippen molar-refractivity contribution in [1.29, 1.82) is 0 Å². The zero-order chi connectivity index (χ0) is 14.1. The Kier molecular flexibility index (Phi) is 4.20. The monoisotopic (exact) mass is 289 g/mol. The number of amides is 1. The van der Waals surface area contributed by atoms with Gasteiger partial charge in [-0.2, -0.15) is 0 Å². The van der Waals surface area contributed by atoms with Crippen molar-refractivity contribution in [3.8, 4) is 0 Å². The van der Waals surface area contributed by atoms with Crippen LogP contribution < -0.4 is 0 Å². The normalized spacial score (nSPS) is 27.5. The lowest BCUT2D eigenvalue weighted by atomic mass is 9.83. The van der Waals surface area contributed by atoms with E-state index in [9.17, 15) is 13.2 Å². The lowest BCUT2D eigenvalue weighted by Gasteiger charge is -2.37. The molecule has 1 saturated heterocycles. The number of hydrogen-bond acceptors (Lipinski definition) is 4. The lowest BCUT2D eigenvalue weighted by Crippen LogP contribution is -2.51. The molecule has 19 heavy (non-hydrogen) atoms. The highest BCUT2D eigenvalue weighted by atomic mass is 32.2. The summed E-state index contributed by atoms with van der Waals surface area (Å²) < 4.78 is 28.6. The van der Waals surface area contributed by atoms with Crippen molar-refractivity contribution in [2.75, 3.05) is 26.5 Å². The Balaban J connectivity index is 2.08. The van der Waals surface area contributed by atoms with E-state index in [1.54, 1.807) is 12.0 Å². The van der Waals surface area contributed by atoms with Crippen molar-refractivity contribution in [2.45, 2.75) is 49.4 Å². The van der Waals surface area contributed by atoms with Gasteiger partial charge in [-0.3, -0.25) is 4.79 Å². The van der Waals surface area contributed by atoms with E-state index in [4.69, 9.17) is 4.74 Å². The summed E-state index contributed by atoms with van der Waals surface area (Å²) >= 11 is 0. The van der Waals surface area contributed by atoms with Crippen LogP contribution in [0.5, 0.6) is 0 Å². The molecule has 2 fully saturated rings. The molecule has 0 aromatic heterocycles. The molecule has 1 saturated carbocycles. The SMILES string of the molecule is COC1(C(=O)N2CCC(S(C)(=O)=O)C2)CCCCC1. The first kappa shape index (κ1) is 14.8. The van der Waals surface area contributed by atoms with Gasteiger partial charge in [0.25, 0.3) is 5.91 Å². The number of nitrogens with zero attached hydrogens (tertiary/aromatic N) is 1. The second-order valence-electron chi connectivity index (χ2n) is 5.75. The van der Waals surface area contributed by atoms with Crippen LogP contribution in [0, 0.1) is 0 Å². The van der Waals surface area contributed by atoms with Gasteiger partial charge in [-0.1, -0.05) is 19.3 Å². The average Bonchev–Trinajstić information content (AvgIpc) is 2.88.